The molecule has 2 unspecified atom stereocenters. The SMILES string of the molecule is O=C1CC(c2ccsc2)(c2cccc(CCc3ccc(F)cc3)n2)N(S)C(=O)C1c1ccccc1Cl. The molecule has 0 radical (unpaired) electrons. The van der Waals surface area contributed by atoms with E-state index in [1.807, 2.05) is 35.0 Å². The van der Waals surface area contributed by atoms with E-state index >= 15 is 0 Å². The standard InChI is InChI=1S/C28H22ClFN2O2S2/c29-23-6-2-1-5-22(23)26-24(33)16-28(32(35)27(26)34,19-14-15-36-17-19)25-7-3-4-21(31-25)13-10-18-8-11-20(30)12-9-18/h1-9,11-12,14-15,17,26,35H,10,13,16H2. The molecule has 1 fully saturated rings. The van der Waals surface area contributed by atoms with E-state index in [-0.39, 0.29) is 18.0 Å². The Labute approximate surface area is 223 Å². The number of rotatable bonds is 6. The number of thiol groups is 1. The van der Waals surface area contributed by atoms with Crippen molar-refractivity contribution in [1.82, 2.24) is 9.29 Å². The number of ketones is 1. The number of aryl methyl sites for hydroxylation is 2. The van der Waals surface area contributed by atoms with Gasteiger partial charge in [0.1, 0.15) is 17.3 Å². The molecule has 0 aliphatic carbocycles. The molecule has 0 N–H and O–H groups in total. The number of piperidine rings is 1. The highest BCUT2D eigenvalue weighted by molar-refractivity contribution is 7.78. The Morgan fingerprint density at radius 2 is 1.81 bits per heavy atom. The van der Waals surface area contributed by atoms with Crippen LogP contribution in [0.1, 0.15) is 40.4 Å². The molecule has 4 aromatic rings. The first-order valence-electron chi connectivity index (χ1n) is 11.4. The minimum atomic E-state index is -1.15. The molecule has 4 nitrogen and oxygen atoms in total. The third kappa shape index (κ3) is 4.47. The molecule has 182 valence electrons. The van der Waals surface area contributed by atoms with Gasteiger partial charge >= 0.3 is 0 Å². The number of nitrogens with zero attached hydrogens (tertiary/aromatic N) is 2. The summed E-state index contributed by atoms with van der Waals surface area (Å²) in [4.78, 5) is 32.2. The highest BCUT2D eigenvalue weighted by Gasteiger charge is 2.53. The van der Waals surface area contributed by atoms with Crippen LogP contribution >= 0.6 is 35.8 Å². The Morgan fingerprint density at radius 1 is 1.03 bits per heavy atom. The van der Waals surface area contributed by atoms with Crippen molar-refractivity contribution in [3.63, 3.8) is 0 Å². The highest BCUT2D eigenvalue weighted by Crippen LogP contribution is 2.47. The van der Waals surface area contributed by atoms with Crippen molar-refractivity contribution in [3.8, 4) is 0 Å². The second-order valence-electron chi connectivity index (χ2n) is 8.76. The van der Waals surface area contributed by atoms with Gasteiger partial charge in [0.05, 0.1) is 5.69 Å². The summed E-state index contributed by atoms with van der Waals surface area (Å²) in [5, 5.41) is 4.20. The first-order valence-corrected chi connectivity index (χ1v) is 13.2. The minimum Gasteiger partial charge on any atom is -0.298 e. The van der Waals surface area contributed by atoms with Crippen LogP contribution in [-0.4, -0.2) is 21.0 Å². The number of halogens is 2. The van der Waals surface area contributed by atoms with Crippen LogP contribution in [0, 0.1) is 5.82 Å². The number of benzene rings is 2. The van der Waals surface area contributed by atoms with Crippen LogP contribution < -0.4 is 0 Å². The first kappa shape index (κ1) is 24.7. The van der Waals surface area contributed by atoms with Gasteiger partial charge in [-0.25, -0.2) is 4.39 Å². The Hall–Kier alpha value is -3.00. The summed E-state index contributed by atoms with van der Waals surface area (Å²) in [7, 11) is 0. The molecule has 0 bridgehead atoms. The Morgan fingerprint density at radius 3 is 2.53 bits per heavy atom. The van der Waals surface area contributed by atoms with Gasteiger partial charge in [-0.1, -0.05) is 60.8 Å². The Balaban J connectivity index is 1.52. The van der Waals surface area contributed by atoms with E-state index in [2.05, 4.69) is 12.8 Å². The summed E-state index contributed by atoms with van der Waals surface area (Å²) < 4.78 is 14.6. The lowest BCUT2D eigenvalue weighted by Gasteiger charge is -2.45. The molecule has 0 spiro atoms. The van der Waals surface area contributed by atoms with Gasteiger partial charge in [-0.2, -0.15) is 11.3 Å². The fourth-order valence-electron chi connectivity index (χ4n) is 4.74. The first-order chi connectivity index (χ1) is 17.4. The number of Topliss-reactive ketones (excluding diaryl/α,β-unsaturated/α-hetero) is 1. The number of aromatic nitrogens is 1. The van der Waals surface area contributed by atoms with E-state index in [1.54, 1.807) is 36.4 Å². The zero-order chi connectivity index (χ0) is 25.3. The van der Waals surface area contributed by atoms with E-state index in [0.29, 0.717) is 29.1 Å². The molecule has 2 aromatic carbocycles. The highest BCUT2D eigenvalue weighted by atomic mass is 35.5. The van der Waals surface area contributed by atoms with E-state index < -0.39 is 17.4 Å². The Kier molecular flexibility index (Phi) is 6.97. The van der Waals surface area contributed by atoms with E-state index in [9.17, 15) is 14.0 Å². The third-order valence-corrected chi connectivity index (χ3v) is 8.16. The molecule has 1 aliphatic rings. The molecule has 8 heteroatoms. The maximum absolute atomic E-state index is 13.7. The van der Waals surface area contributed by atoms with Gasteiger partial charge in [0.25, 0.3) is 0 Å². The average Bonchev–Trinajstić information content (AvgIpc) is 3.43. The van der Waals surface area contributed by atoms with E-state index in [1.165, 1.54) is 27.8 Å². The number of thiophene rings is 1. The van der Waals surface area contributed by atoms with E-state index in [0.717, 1.165) is 16.8 Å². The van der Waals surface area contributed by atoms with Crippen molar-refractivity contribution in [1.29, 1.82) is 0 Å². The zero-order valence-electron chi connectivity index (χ0n) is 19.1. The van der Waals surface area contributed by atoms with Crippen LogP contribution in [-0.2, 0) is 28.0 Å². The molecular formula is C28H22ClFN2O2S2. The average molecular weight is 537 g/mol. The number of hydrogen-bond donors (Lipinski definition) is 1. The van der Waals surface area contributed by atoms with Crippen LogP contribution in [0.15, 0.2) is 83.6 Å². The fraction of sp³-hybridized carbons (Fsp3) is 0.179. The zero-order valence-corrected chi connectivity index (χ0v) is 21.6. The van der Waals surface area contributed by atoms with Gasteiger partial charge < -0.3 is 0 Å². The lowest BCUT2D eigenvalue weighted by molar-refractivity contribution is -0.142. The van der Waals surface area contributed by atoms with Crippen molar-refractivity contribution in [2.24, 2.45) is 0 Å². The fourth-order valence-corrected chi connectivity index (χ4v) is 6.11. The normalized spacial score (nSPS) is 20.1. The van der Waals surface area contributed by atoms with Gasteiger partial charge in [0.2, 0.25) is 5.91 Å². The Bertz CT molecular complexity index is 1410. The van der Waals surface area contributed by atoms with Gasteiger partial charge in [-0.05, 0) is 76.7 Å². The number of carbonyl (C=O) groups is 2. The maximum Gasteiger partial charge on any atom is 0.248 e. The maximum atomic E-state index is 13.7. The molecule has 1 amide bonds. The third-order valence-electron chi connectivity index (χ3n) is 6.60. The minimum absolute atomic E-state index is 0.0171. The van der Waals surface area contributed by atoms with Crippen LogP contribution in [0.4, 0.5) is 4.39 Å². The number of hydrogen-bond acceptors (Lipinski definition) is 5. The molecule has 36 heavy (non-hydrogen) atoms. The monoisotopic (exact) mass is 536 g/mol. The summed E-state index contributed by atoms with van der Waals surface area (Å²) in [5.41, 5.74) is 2.49. The predicted molar refractivity (Wildman–Crippen MR) is 143 cm³/mol. The molecule has 3 heterocycles. The van der Waals surface area contributed by atoms with Gasteiger partial charge in [-0.15, -0.1) is 0 Å². The second-order valence-corrected chi connectivity index (χ2v) is 10.3. The molecule has 5 rings (SSSR count). The number of carbonyl (C=O) groups excluding carboxylic acids is 2. The summed E-state index contributed by atoms with van der Waals surface area (Å²) in [6, 6.07) is 20.8. The lowest BCUT2D eigenvalue weighted by Crippen LogP contribution is -2.54. The van der Waals surface area contributed by atoms with Crippen molar-refractivity contribution < 1.29 is 14.0 Å². The summed E-state index contributed by atoms with van der Waals surface area (Å²) in [6.45, 7) is 0. The van der Waals surface area contributed by atoms with Crippen LogP contribution in [0.25, 0.3) is 0 Å². The molecule has 0 saturated carbocycles. The molecule has 1 aliphatic heterocycles. The molecule has 2 atom stereocenters. The quantitative estimate of drug-likeness (QED) is 0.229. The summed E-state index contributed by atoms with van der Waals surface area (Å²) >= 11 is 12.5. The van der Waals surface area contributed by atoms with Crippen molar-refractivity contribution in [2.75, 3.05) is 0 Å². The van der Waals surface area contributed by atoms with Gasteiger partial charge in [0.15, 0.2) is 5.78 Å². The smallest absolute Gasteiger partial charge is 0.248 e. The molecule has 1 saturated heterocycles. The van der Waals surface area contributed by atoms with Gasteiger partial charge in [0, 0.05) is 17.1 Å². The van der Waals surface area contributed by atoms with Crippen molar-refractivity contribution in [3.05, 3.63) is 122 Å². The second kappa shape index (κ2) is 10.2. The largest absolute Gasteiger partial charge is 0.298 e. The topological polar surface area (TPSA) is 50.3 Å². The lowest BCUT2D eigenvalue weighted by atomic mass is 9.74. The van der Waals surface area contributed by atoms with Crippen LogP contribution in [0.5, 0.6) is 0 Å². The molecule has 2 aromatic heterocycles. The molecular weight excluding hydrogens is 515 g/mol. The number of pyridine rings is 1. The summed E-state index contributed by atoms with van der Waals surface area (Å²) in [6.07, 6.45) is 1.32. The van der Waals surface area contributed by atoms with Crippen LogP contribution in [0.3, 0.4) is 0 Å². The predicted octanol–water partition coefficient (Wildman–Crippen LogP) is 6.39. The van der Waals surface area contributed by atoms with Crippen molar-refractivity contribution in [2.45, 2.75) is 30.7 Å². The van der Waals surface area contributed by atoms with Gasteiger partial charge in [-0.3, -0.25) is 18.9 Å². The number of amides is 1. The van der Waals surface area contributed by atoms with E-state index in [4.69, 9.17) is 16.6 Å². The van der Waals surface area contributed by atoms with Crippen molar-refractivity contribution >= 4 is 47.4 Å². The summed E-state index contributed by atoms with van der Waals surface area (Å²) in [5.74, 6) is -1.97. The van der Waals surface area contributed by atoms with Crippen LogP contribution in [0.2, 0.25) is 5.02 Å².